The molecule has 1 saturated heterocycles. The summed E-state index contributed by atoms with van der Waals surface area (Å²) >= 11 is 0. The average Bonchev–Trinajstić information content (AvgIpc) is 2.73. The summed E-state index contributed by atoms with van der Waals surface area (Å²) in [6.07, 6.45) is 3.91. The number of rotatable bonds is 3. The first-order valence-electron chi connectivity index (χ1n) is 6.56. The highest BCUT2D eigenvalue weighted by Gasteiger charge is 2.32. The molecule has 0 bridgehead atoms. The van der Waals surface area contributed by atoms with Gasteiger partial charge in [-0.05, 0) is 37.8 Å². The van der Waals surface area contributed by atoms with Crippen molar-refractivity contribution in [1.82, 2.24) is 10.6 Å². The molecule has 4 nitrogen and oxygen atoms in total. The Labute approximate surface area is 108 Å². The van der Waals surface area contributed by atoms with E-state index in [1.54, 1.807) is 6.07 Å². The molecule has 0 saturated carbocycles. The molecule has 0 radical (unpaired) electrons. The monoisotopic (exact) mass is 250 g/mol. The second-order valence-corrected chi connectivity index (χ2v) is 5.75. The van der Waals surface area contributed by atoms with Crippen molar-refractivity contribution in [1.29, 1.82) is 0 Å². The standard InChI is InChI=1S/C14H22N2O2/c1-10-7-11(9-18-10)13(17)16-8-12-14(2,3)5-4-6-15-12/h7,9,12,15H,4-6,8H2,1-3H3,(H,16,17). The van der Waals surface area contributed by atoms with Crippen molar-refractivity contribution < 1.29 is 9.21 Å². The first-order chi connectivity index (χ1) is 8.49. The topological polar surface area (TPSA) is 54.3 Å². The van der Waals surface area contributed by atoms with Crippen LogP contribution in [0.1, 0.15) is 42.8 Å². The van der Waals surface area contributed by atoms with E-state index < -0.39 is 0 Å². The molecule has 2 heterocycles. The smallest absolute Gasteiger partial charge is 0.254 e. The number of hydrogen-bond donors (Lipinski definition) is 2. The summed E-state index contributed by atoms with van der Waals surface area (Å²) in [6, 6.07) is 2.09. The number of hydrogen-bond acceptors (Lipinski definition) is 3. The quantitative estimate of drug-likeness (QED) is 0.863. The van der Waals surface area contributed by atoms with Crippen LogP contribution in [-0.4, -0.2) is 25.0 Å². The van der Waals surface area contributed by atoms with Gasteiger partial charge in [-0.15, -0.1) is 0 Å². The fourth-order valence-corrected chi connectivity index (χ4v) is 2.48. The third-order valence-electron chi connectivity index (χ3n) is 3.79. The zero-order valence-corrected chi connectivity index (χ0v) is 11.4. The first kappa shape index (κ1) is 13.1. The van der Waals surface area contributed by atoms with Crippen molar-refractivity contribution in [2.45, 2.75) is 39.7 Å². The number of carbonyl (C=O) groups is 1. The zero-order valence-electron chi connectivity index (χ0n) is 11.4. The lowest BCUT2D eigenvalue weighted by atomic mass is 9.77. The second-order valence-electron chi connectivity index (χ2n) is 5.75. The predicted octanol–water partition coefficient (Wildman–Crippen LogP) is 2.10. The molecule has 0 aliphatic carbocycles. The Morgan fingerprint density at radius 2 is 2.39 bits per heavy atom. The second kappa shape index (κ2) is 5.14. The van der Waals surface area contributed by atoms with E-state index in [-0.39, 0.29) is 11.3 Å². The fraction of sp³-hybridized carbons (Fsp3) is 0.643. The summed E-state index contributed by atoms with van der Waals surface area (Å²) in [5.41, 5.74) is 0.832. The molecule has 1 amide bonds. The van der Waals surface area contributed by atoms with Gasteiger partial charge in [-0.2, -0.15) is 0 Å². The number of carbonyl (C=O) groups excluding carboxylic acids is 1. The minimum absolute atomic E-state index is 0.0602. The minimum atomic E-state index is -0.0602. The van der Waals surface area contributed by atoms with Crippen LogP contribution in [0, 0.1) is 12.3 Å². The van der Waals surface area contributed by atoms with Gasteiger partial charge in [0.15, 0.2) is 0 Å². The molecule has 0 aromatic carbocycles. The van der Waals surface area contributed by atoms with Gasteiger partial charge >= 0.3 is 0 Å². The molecular weight excluding hydrogens is 228 g/mol. The number of furan rings is 1. The van der Waals surface area contributed by atoms with Crippen LogP contribution in [-0.2, 0) is 0 Å². The largest absolute Gasteiger partial charge is 0.469 e. The van der Waals surface area contributed by atoms with E-state index in [2.05, 4.69) is 24.5 Å². The lowest BCUT2D eigenvalue weighted by Crippen LogP contribution is -2.52. The molecule has 0 spiro atoms. The van der Waals surface area contributed by atoms with E-state index in [1.165, 1.54) is 19.1 Å². The molecule has 1 unspecified atom stereocenters. The molecule has 1 aromatic heterocycles. The molecule has 1 aromatic rings. The zero-order chi connectivity index (χ0) is 13.2. The molecule has 1 fully saturated rings. The van der Waals surface area contributed by atoms with Crippen LogP contribution in [0.25, 0.3) is 0 Å². The normalized spacial score (nSPS) is 22.7. The number of amides is 1. The molecular formula is C14H22N2O2. The Hall–Kier alpha value is -1.29. The van der Waals surface area contributed by atoms with Gasteiger partial charge in [-0.3, -0.25) is 4.79 Å². The van der Waals surface area contributed by atoms with Gasteiger partial charge in [0.1, 0.15) is 12.0 Å². The Morgan fingerprint density at radius 3 is 3.00 bits per heavy atom. The maximum absolute atomic E-state index is 11.9. The van der Waals surface area contributed by atoms with E-state index in [0.717, 1.165) is 12.3 Å². The molecule has 2 rings (SSSR count). The highest BCUT2D eigenvalue weighted by Crippen LogP contribution is 2.29. The van der Waals surface area contributed by atoms with Gasteiger partial charge in [-0.25, -0.2) is 0 Å². The van der Waals surface area contributed by atoms with Crippen molar-refractivity contribution in [3.8, 4) is 0 Å². The van der Waals surface area contributed by atoms with Crippen LogP contribution in [0.3, 0.4) is 0 Å². The minimum Gasteiger partial charge on any atom is -0.469 e. The summed E-state index contributed by atoms with van der Waals surface area (Å²) in [5, 5.41) is 6.46. The van der Waals surface area contributed by atoms with Crippen molar-refractivity contribution in [2.24, 2.45) is 5.41 Å². The van der Waals surface area contributed by atoms with Crippen LogP contribution in [0.15, 0.2) is 16.7 Å². The van der Waals surface area contributed by atoms with Crippen molar-refractivity contribution in [2.75, 3.05) is 13.1 Å². The third kappa shape index (κ3) is 2.93. The molecule has 1 aliphatic heterocycles. The van der Waals surface area contributed by atoms with E-state index in [9.17, 15) is 4.79 Å². The Morgan fingerprint density at radius 1 is 1.61 bits per heavy atom. The number of piperidine rings is 1. The molecule has 1 aliphatic rings. The molecule has 18 heavy (non-hydrogen) atoms. The third-order valence-corrected chi connectivity index (χ3v) is 3.79. The lowest BCUT2D eigenvalue weighted by molar-refractivity contribution is 0.0928. The number of aryl methyl sites for hydroxylation is 1. The summed E-state index contributed by atoms with van der Waals surface area (Å²) in [5.74, 6) is 0.700. The van der Waals surface area contributed by atoms with Gasteiger partial charge in [0.2, 0.25) is 0 Å². The maximum atomic E-state index is 11.9. The highest BCUT2D eigenvalue weighted by molar-refractivity contribution is 5.93. The predicted molar refractivity (Wildman–Crippen MR) is 70.6 cm³/mol. The van der Waals surface area contributed by atoms with Gasteiger partial charge < -0.3 is 15.1 Å². The van der Waals surface area contributed by atoms with Crippen LogP contribution < -0.4 is 10.6 Å². The number of nitrogens with one attached hydrogen (secondary N) is 2. The van der Waals surface area contributed by atoms with Crippen LogP contribution in [0.2, 0.25) is 0 Å². The molecule has 2 N–H and O–H groups in total. The van der Waals surface area contributed by atoms with Crippen LogP contribution in [0.4, 0.5) is 0 Å². The van der Waals surface area contributed by atoms with Gasteiger partial charge in [0, 0.05) is 12.6 Å². The van der Waals surface area contributed by atoms with Crippen LogP contribution >= 0.6 is 0 Å². The van der Waals surface area contributed by atoms with Crippen molar-refractivity contribution >= 4 is 5.91 Å². The van der Waals surface area contributed by atoms with E-state index >= 15 is 0 Å². The molecule has 1 atom stereocenters. The molecule has 4 heteroatoms. The summed E-state index contributed by atoms with van der Waals surface area (Å²) < 4.78 is 5.14. The van der Waals surface area contributed by atoms with Gasteiger partial charge in [0.05, 0.1) is 5.56 Å². The van der Waals surface area contributed by atoms with Crippen LogP contribution in [0.5, 0.6) is 0 Å². The Kier molecular flexibility index (Phi) is 3.76. The van der Waals surface area contributed by atoms with Crippen molar-refractivity contribution in [3.63, 3.8) is 0 Å². The highest BCUT2D eigenvalue weighted by atomic mass is 16.3. The average molecular weight is 250 g/mol. The first-order valence-corrected chi connectivity index (χ1v) is 6.56. The van der Waals surface area contributed by atoms with E-state index in [1.807, 2.05) is 6.92 Å². The van der Waals surface area contributed by atoms with E-state index in [4.69, 9.17) is 4.42 Å². The molecule has 100 valence electrons. The fourth-order valence-electron chi connectivity index (χ4n) is 2.48. The summed E-state index contributed by atoms with van der Waals surface area (Å²) in [6.45, 7) is 8.03. The van der Waals surface area contributed by atoms with Crippen molar-refractivity contribution in [3.05, 3.63) is 23.7 Å². The SMILES string of the molecule is Cc1cc(C(=O)NCC2NCCCC2(C)C)co1. The summed E-state index contributed by atoms with van der Waals surface area (Å²) in [7, 11) is 0. The van der Waals surface area contributed by atoms with Gasteiger partial charge in [-0.1, -0.05) is 13.8 Å². The maximum Gasteiger partial charge on any atom is 0.254 e. The van der Waals surface area contributed by atoms with Gasteiger partial charge in [0.25, 0.3) is 5.91 Å². The Balaban J connectivity index is 1.89. The Bertz CT molecular complexity index is 423. The summed E-state index contributed by atoms with van der Waals surface area (Å²) in [4.78, 5) is 11.9. The lowest BCUT2D eigenvalue weighted by Gasteiger charge is -2.39. The van der Waals surface area contributed by atoms with E-state index in [0.29, 0.717) is 18.2 Å².